The van der Waals surface area contributed by atoms with Crippen LogP contribution in [0.4, 0.5) is 13.2 Å². The number of aromatic nitrogens is 2. The number of piperidine rings is 1. The summed E-state index contributed by atoms with van der Waals surface area (Å²) in [7, 11) is 0. The van der Waals surface area contributed by atoms with Gasteiger partial charge in [-0.2, -0.15) is 13.2 Å². The van der Waals surface area contributed by atoms with Crippen molar-refractivity contribution >= 4 is 11.0 Å². The van der Waals surface area contributed by atoms with Gasteiger partial charge >= 0.3 is 6.18 Å². The number of imidazole rings is 1. The van der Waals surface area contributed by atoms with Crippen LogP contribution in [0, 0.1) is 12.8 Å². The van der Waals surface area contributed by atoms with Crippen LogP contribution in [-0.2, 0) is 18.0 Å². The van der Waals surface area contributed by atoms with E-state index in [0.29, 0.717) is 17.0 Å². The molecule has 1 saturated heterocycles. The number of H-pyrrole nitrogens is 1. The molecule has 0 amide bonds. The number of rotatable bonds is 4. The molecule has 1 N–H and O–H groups in total. The Labute approximate surface area is 175 Å². The number of nitrogens with zero attached hydrogens (tertiary/aromatic N) is 2. The molecule has 1 aliphatic heterocycles. The zero-order valence-electron chi connectivity index (χ0n) is 17.7. The van der Waals surface area contributed by atoms with Gasteiger partial charge < -0.3 is 9.88 Å². The van der Waals surface area contributed by atoms with E-state index in [2.05, 4.69) is 59.9 Å². The third-order valence-electron chi connectivity index (χ3n) is 6.78. The molecule has 2 unspecified atom stereocenters. The monoisotopic (exact) mass is 415 g/mol. The molecular weight excluding hydrogens is 387 g/mol. The minimum Gasteiger partial charge on any atom is -0.334 e. The molecule has 0 bridgehead atoms. The molecule has 0 radical (unpaired) electrons. The van der Waals surface area contributed by atoms with Crippen LogP contribution in [0.2, 0.25) is 0 Å². The largest absolute Gasteiger partial charge is 0.449 e. The summed E-state index contributed by atoms with van der Waals surface area (Å²) in [6.07, 6.45) is -2.45. The standard InChI is InChI=1S/C24H28F3N3/c1-16-5-4-6-18(13-16)9-11-30-12-10-23(3,17(2)15-30)19-7-8-20-21(14-19)29-22(28-20)24(25,26)27/h4-8,13-14,17H,9-12,15H2,1-3H3,(H,28,29). The summed E-state index contributed by atoms with van der Waals surface area (Å²) in [5, 5.41) is 0. The number of likely N-dealkylation sites (tertiary alicyclic amines) is 1. The van der Waals surface area contributed by atoms with Gasteiger partial charge in [0.25, 0.3) is 0 Å². The number of aryl methyl sites for hydroxylation is 1. The quantitative estimate of drug-likeness (QED) is 0.590. The zero-order valence-corrected chi connectivity index (χ0v) is 17.7. The molecule has 4 rings (SSSR count). The highest BCUT2D eigenvalue weighted by Gasteiger charge is 2.39. The number of hydrogen-bond acceptors (Lipinski definition) is 2. The lowest BCUT2D eigenvalue weighted by atomic mass is 9.68. The molecule has 0 spiro atoms. The molecule has 2 heterocycles. The summed E-state index contributed by atoms with van der Waals surface area (Å²) in [4.78, 5) is 8.68. The van der Waals surface area contributed by atoms with Gasteiger partial charge in [-0.25, -0.2) is 4.98 Å². The molecule has 6 heteroatoms. The summed E-state index contributed by atoms with van der Waals surface area (Å²) >= 11 is 0. The van der Waals surface area contributed by atoms with Gasteiger partial charge in [0.05, 0.1) is 11.0 Å². The smallest absolute Gasteiger partial charge is 0.334 e. The van der Waals surface area contributed by atoms with E-state index < -0.39 is 12.0 Å². The number of hydrogen-bond donors (Lipinski definition) is 1. The molecule has 30 heavy (non-hydrogen) atoms. The van der Waals surface area contributed by atoms with Crippen LogP contribution in [-0.4, -0.2) is 34.5 Å². The van der Waals surface area contributed by atoms with Crippen LogP contribution in [0.25, 0.3) is 11.0 Å². The van der Waals surface area contributed by atoms with Gasteiger partial charge in [0, 0.05) is 13.1 Å². The fourth-order valence-corrected chi connectivity index (χ4v) is 4.60. The van der Waals surface area contributed by atoms with Crippen molar-refractivity contribution in [2.24, 2.45) is 5.92 Å². The van der Waals surface area contributed by atoms with Crippen molar-refractivity contribution in [2.75, 3.05) is 19.6 Å². The van der Waals surface area contributed by atoms with E-state index in [1.165, 1.54) is 11.1 Å². The molecule has 2 aromatic carbocycles. The molecular formula is C24H28F3N3. The second-order valence-electron chi connectivity index (χ2n) is 8.92. The Bertz CT molecular complexity index is 1040. The molecule has 1 aliphatic rings. The minimum absolute atomic E-state index is 0.0780. The average molecular weight is 416 g/mol. The van der Waals surface area contributed by atoms with E-state index in [0.717, 1.165) is 38.0 Å². The normalized spacial score (nSPS) is 23.2. The maximum Gasteiger partial charge on any atom is 0.449 e. The number of fused-ring (bicyclic) bond motifs is 1. The lowest BCUT2D eigenvalue weighted by Crippen LogP contribution is -2.47. The average Bonchev–Trinajstić information content (AvgIpc) is 3.13. The minimum atomic E-state index is -4.46. The molecule has 1 fully saturated rings. The molecule has 3 nitrogen and oxygen atoms in total. The van der Waals surface area contributed by atoms with Crippen LogP contribution in [0.1, 0.15) is 42.8 Å². The van der Waals surface area contributed by atoms with Crippen LogP contribution >= 0.6 is 0 Å². The highest BCUT2D eigenvalue weighted by atomic mass is 19.4. The van der Waals surface area contributed by atoms with Gasteiger partial charge in [0.1, 0.15) is 0 Å². The summed E-state index contributed by atoms with van der Waals surface area (Å²) < 4.78 is 38.9. The van der Waals surface area contributed by atoms with Crippen molar-refractivity contribution in [1.82, 2.24) is 14.9 Å². The SMILES string of the molecule is Cc1cccc(CCN2CCC(C)(c3ccc4[nH]c(C(F)(F)F)nc4c3)C(C)C2)c1. The Morgan fingerprint density at radius 2 is 2.00 bits per heavy atom. The van der Waals surface area contributed by atoms with E-state index in [1.807, 2.05) is 12.1 Å². The maximum atomic E-state index is 13.0. The van der Waals surface area contributed by atoms with E-state index in [1.54, 1.807) is 6.07 Å². The number of benzene rings is 2. The zero-order chi connectivity index (χ0) is 21.5. The Balaban J connectivity index is 1.47. The molecule has 2 atom stereocenters. The van der Waals surface area contributed by atoms with Gasteiger partial charge in [0.15, 0.2) is 0 Å². The number of halogens is 3. The molecule has 3 aromatic rings. The Kier molecular flexibility index (Phi) is 5.39. The van der Waals surface area contributed by atoms with Gasteiger partial charge in [-0.3, -0.25) is 0 Å². The third kappa shape index (κ3) is 4.10. The molecule has 0 aliphatic carbocycles. The predicted molar refractivity (Wildman–Crippen MR) is 114 cm³/mol. The predicted octanol–water partition coefficient (Wildman–Crippen LogP) is 5.73. The van der Waals surface area contributed by atoms with Crippen molar-refractivity contribution in [1.29, 1.82) is 0 Å². The van der Waals surface area contributed by atoms with E-state index in [-0.39, 0.29) is 5.41 Å². The first-order valence-electron chi connectivity index (χ1n) is 10.5. The molecule has 0 saturated carbocycles. The number of alkyl halides is 3. The fraction of sp³-hybridized carbons (Fsp3) is 0.458. The maximum absolute atomic E-state index is 13.0. The first kappa shape index (κ1) is 20.9. The highest BCUT2D eigenvalue weighted by molar-refractivity contribution is 5.76. The molecule has 160 valence electrons. The molecule has 1 aromatic heterocycles. The van der Waals surface area contributed by atoms with Crippen LogP contribution in [0.5, 0.6) is 0 Å². The van der Waals surface area contributed by atoms with Crippen LogP contribution in [0.15, 0.2) is 42.5 Å². The Morgan fingerprint density at radius 3 is 2.70 bits per heavy atom. The van der Waals surface area contributed by atoms with Gasteiger partial charge in [-0.15, -0.1) is 0 Å². The number of nitrogens with one attached hydrogen (secondary N) is 1. The lowest BCUT2D eigenvalue weighted by Gasteiger charge is -2.45. The van der Waals surface area contributed by atoms with Crippen molar-refractivity contribution in [3.05, 3.63) is 65.0 Å². The van der Waals surface area contributed by atoms with Crippen molar-refractivity contribution in [3.8, 4) is 0 Å². The van der Waals surface area contributed by atoms with Crippen LogP contribution < -0.4 is 0 Å². The van der Waals surface area contributed by atoms with Gasteiger partial charge in [-0.05, 0) is 60.9 Å². The summed E-state index contributed by atoms with van der Waals surface area (Å²) in [6.45, 7) is 9.58. The third-order valence-corrected chi connectivity index (χ3v) is 6.78. The van der Waals surface area contributed by atoms with Crippen molar-refractivity contribution in [3.63, 3.8) is 0 Å². The first-order valence-corrected chi connectivity index (χ1v) is 10.5. The first-order chi connectivity index (χ1) is 14.1. The lowest BCUT2D eigenvalue weighted by molar-refractivity contribution is -0.144. The van der Waals surface area contributed by atoms with Gasteiger partial charge in [-0.1, -0.05) is 49.7 Å². The second-order valence-corrected chi connectivity index (χ2v) is 8.92. The van der Waals surface area contributed by atoms with Crippen LogP contribution in [0.3, 0.4) is 0 Å². The summed E-state index contributed by atoms with van der Waals surface area (Å²) in [5.74, 6) is -0.541. The Morgan fingerprint density at radius 1 is 1.20 bits per heavy atom. The fourth-order valence-electron chi connectivity index (χ4n) is 4.60. The topological polar surface area (TPSA) is 31.9 Å². The van der Waals surface area contributed by atoms with E-state index in [4.69, 9.17) is 0 Å². The second kappa shape index (κ2) is 7.73. The van der Waals surface area contributed by atoms with E-state index in [9.17, 15) is 13.2 Å². The highest BCUT2D eigenvalue weighted by Crippen LogP contribution is 2.40. The van der Waals surface area contributed by atoms with Crippen molar-refractivity contribution < 1.29 is 13.2 Å². The Hall–Kier alpha value is -2.34. The van der Waals surface area contributed by atoms with Gasteiger partial charge in [0.2, 0.25) is 5.82 Å². The number of aromatic amines is 1. The van der Waals surface area contributed by atoms with E-state index >= 15 is 0 Å². The summed E-state index contributed by atoms with van der Waals surface area (Å²) in [5.41, 5.74) is 4.45. The van der Waals surface area contributed by atoms with Crippen molar-refractivity contribution in [2.45, 2.75) is 45.2 Å². The summed E-state index contributed by atoms with van der Waals surface area (Å²) in [6, 6.07) is 14.2.